The van der Waals surface area contributed by atoms with Crippen LogP contribution in [-0.4, -0.2) is 42.3 Å². The minimum atomic E-state index is -0.595. The summed E-state index contributed by atoms with van der Waals surface area (Å²) < 4.78 is 4.91. The monoisotopic (exact) mass is 306 g/mol. The number of anilines is 1. The number of hydrogen-bond donors (Lipinski definition) is 1. The lowest BCUT2D eigenvalue weighted by atomic mass is 9.74. The van der Waals surface area contributed by atoms with Crippen molar-refractivity contribution in [2.45, 2.75) is 26.7 Å². The molecule has 0 saturated carbocycles. The van der Waals surface area contributed by atoms with Gasteiger partial charge in [-0.3, -0.25) is 9.59 Å². The molecule has 120 valence electrons. The van der Waals surface area contributed by atoms with Gasteiger partial charge in [0.2, 0.25) is 0 Å². The van der Waals surface area contributed by atoms with Gasteiger partial charge in [-0.25, -0.2) is 0 Å². The molecule has 22 heavy (non-hydrogen) atoms. The van der Waals surface area contributed by atoms with Crippen LogP contribution in [0.1, 0.15) is 37.2 Å². The molecule has 1 amide bonds. The van der Waals surface area contributed by atoms with Gasteiger partial charge in [-0.1, -0.05) is 0 Å². The van der Waals surface area contributed by atoms with Crippen LogP contribution in [-0.2, 0) is 9.53 Å². The summed E-state index contributed by atoms with van der Waals surface area (Å²) in [5.41, 5.74) is 4.76. The van der Waals surface area contributed by atoms with Gasteiger partial charge in [0, 0.05) is 13.1 Å². The molecule has 1 unspecified atom stereocenters. The van der Waals surface area contributed by atoms with Gasteiger partial charge >= 0.3 is 5.97 Å². The third-order valence-corrected chi connectivity index (χ3v) is 4.38. The van der Waals surface area contributed by atoms with Gasteiger partial charge in [-0.2, -0.15) is 0 Å². The van der Waals surface area contributed by atoms with Crippen LogP contribution in [0.3, 0.4) is 0 Å². The molecule has 1 saturated heterocycles. The topological polar surface area (TPSA) is 98.4 Å². The van der Waals surface area contributed by atoms with Crippen LogP contribution < -0.4 is 10.6 Å². The van der Waals surface area contributed by atoms with Crippen LogP contribution in [0.5, 0.6) is 0 Å². The highest BCUT2D eigenvalue weighted by atomic mass is 16.5. The van der Waals surface area contributed by atoms with Crippen molar-refractivity contribution in [3.05, 3.63) is 17.8 Å². The SMILES string of the molecule is COC(=O)C(C)(C)C1CCCN(c2ccc(C(N)=O)nn2)C1. The molecule has 1 aliphatic rings. The molecule has 0 aromatic carbocycles. The molecular weight excluding hydrogens is 284 g/mol. The van der Waals surface area contributed by atoms with Crippen LogP contribution >= 0.6 is 0 Å². The molecule has 1 aromatic heterocycles. The first kappa shape index (κ1) is 16.2. The number of ether oxygens (including phenoxy) is 1. The van der Waals surface area contributed by atoms with Crippen LogP contribution in [0.2, 0.25) is 0 Å². The number of amides is 1. The second-order valence-corrected chi connectivity index (χ2v) is 6.14. The molecule has 7 nitrogen and oxygen atoms in total. The molecule has 7 heteroatoms. The van der Waals surface area contributed by atoms with E-state index in [0.717, 1.165) is 19.4 Å². The molecule has 0 radical (unpaired) electrons. The third-order valence-electron chi connectivity index (χ3n) is 4.38. The van der Waals surface area contributed by atoms with Crippen molar-refractivity contribution < 1.29 is 14.3 Å². The Hall–Kier alpha value is -2.18. The molecule has 2 N–H and O–H groups in total. The van der Waals surface area contributed by atoms with Crippen LogP contribution in [0.15, 0.2) is 12.1 Å². The number of carbonyl (C=O) groups is 2. The van der Waals surface area contributed by atoms with Crippen LogP contribution in [0.4, 0.5) is 5.82 Å². The van der Waals surface area contributed by atoms with Crippen LogP contribution in [0.25, 0.3) is 0 Å². The number of hydrogen-bond acceptors (Lipinski definition) is 6. The molecule has 2 rings (SSSR count). The largest absolute Gasteiger partial charge is 0.469 e. The highest BCUT2D eigenvalue weighted by molar-refractivity contribution is 5.90. The van der Waals surface area contributed by atoms with E-state index in [1.54, 1.807) is 12.1 Å². The van der Waals surface area contributed by atoms with Crippen molar-refractivity contribution in [1.29, 1.82) is 0 Å². The lowest BCUT2D eigenvalue weighted by Crippen LogP contribution is -2.45. The number of rotatable bonds is 4. The normalized spacial score (nSPS) is 18.9. The third kappa shape index (κ3) is 3.18. The standard InChI is InChI=1S/C15H22N4O3/c1-15(2,14(21)22-3)10-5-4-8-19(9-10)12-7-6-11(13(16)20)17-18-12/h6-7,10H,4-5,8-9H2,1-3H3,(H2,16,20). The summed E-state index contributed by atoms with van der Waals surface area (Å²) in [6, 6.07) is 3.31. The highest BCUT2D eigenvalue weighted by Crippen LogP contribution is 2.36. The fraction of sp³-hybridized carbons (Fsp3) is 0.600. The van der Waals surface area contributed by atoms with Crippen molar-refractivity contribution in [2.24, 2.45) is 17.1 Å². The predicted molar refractivity (Wildman–Crippen MR) is 81.3 cm³/mol. The van der Waals surface area contributed by atoms with Gasteiger partial charge in [0.1, 0.15) is 0 Å². The maximum absolute atomic E-state index is 12.0. The lowest BCUT2D eigenvalue weighted by molar-refractivity contribution is -0.154. The van der Waals surface area contributed by atoms with Crippen molar-refractivity contribution in [3.63, 3.8) is 0 Å². The second kappa shape index (κ2) is 6.29. The van der Waals surface area contributed by atoms with Crippen molar-refractivity contribution >= 4 is 17.7 Å². The smallest absolute Gasteiger partial charge is 0.311 e. The van der Waals surface area contributed by atoms with Crippen molar-refractivity contribution in [3.8, 4) is 0 Å². The molecule has 0 bridgehead atoms. The van der Waals surface area contributed by atoms with Gasteiger partial charge in [0.15, 0.2) is 11.5 Å². The Bertz CT molecular complexity index is 556. The number of aromatic nitrogens is 2. The molecular formula is C15H22N4O3. The molecule has 1 aliphatic heterocycles. The maximum atomic E-state index is 12.0. The molecule has 2 heterocycles. The van der Waals surface area contributed by atoms with Crippen molar-refractivity contribution in [1.82, 2.24) is 10.2 Å². The molecule has 1 atom stereocenters. The van der Waals surface area contributed by atoms with E-state index in [1.165, 1.54) is 7.11 Å². The number of methoxy groups -OCH3 is 1. The van der Waals surface area contributed by atoms with E-state index < -0.39 is 11.3 Å². The first-order chi connectivity index (χ1) is 10.4. The highest BCUT2D eigenvalue weighted by Gasteiger charge is 2.40. The fourth-order valence-corrected chi connectivity index (χ4v) is 2.83. The molecule has 0 spiro atoms. The Kier molecular flexibility index (Phi) is 4.63. The number of carbonyl (C=O) groups excluding carboxylic acids is 2. The van der Waals surface area contributed by atoms with E-state index in [2.05, 4.69) is 15.1 Å². The zero-order valence-corrected chi connectivity index (χ0v) is 13.2. The Morgan fingerprint density at radius 3 is 2.64 bits per heavy atom. The predicted octanol–water partition coefficient (Wildman–Crippen LogP) is 0.991. The van der Waals surface area contributed by atoms with Gasteiger partial charge < -0.3 is 15.4 Å². The Labute approximate surface area is 129 Å². The summed E-state index contributed by atoms with van der Waals surface area (Å²) in [7, 11) is 1.42. The van der Waals surface area contributed by atoms with E-state index in [9.17, 15) is 9.59 Å². The van der Waals surface area contributed by atoms with E-state index in [4.69, 9.17) is 10.5 Å². The Balaban J connectivity index is 2.13. The van der Waals surface area contributed by atoms with Gasteiger partial charge in [-0.15, -0.1) is 10.2 Å². The summed E-state index contributed by atoms with van der Waals surface area (Å²) in [6.07, 6.45) is 1.93. The number of piperidine rings is 1. The van der Waals surface area contributed by atoms with Gasteiger partial charge in [0.25, 0.3) is 5.91 Å². The van der Waals surface area contributed by atoms with E-state index in [0.29, 0.717) is 12.4 Å². The van der Waals surface area contributed by atoms with Gasteiger partial charge in [0.05, 0.1) is 12.5 Å². The summed E-state index contributed by atoms with van der Waals surface area (Å²) in [5.74, 6) is 0.0681. The second-order valence-electron chi connectivity index (χ2n) is 6.14. The lowest BCUT2D eigenvalue weighted by Gasteiger charge is -2.40. The fourth-order valence-electron chi connectivity index (χ4n) is 2.83. The first-order valence-corrected chi connectivity index (χ1v) is 7.33. The first-order valence-electron chi connectivity index (χ1n) is 7.33. The summed E-state index contributed by atoms with van der Waals surface area (Å²) in [5, 5.41) is 7.90. The number of nitrogens with zero attached hydrogens (tertiary/aromatic N) is 3. The summed E-state index contributed by atoms with van der Waals surface area (Å²) >= 11 is 0. The maximum Gasteiger partial charge on any atom is 0.311 e. The minimum Gasteiger partial charge on any atom is -0.469 e. The summed E-state index contributed by atoms with van der Waals surface area (Å²) in [6.45, 7) is 5.37. The number of nitrogens with two attached hydrogens (primary N) is 1. The van der Waals surface area contributed by atoms with E-state index in [-0.39, 0.29) is 17.6 Å². The van der Waals surface area contributed by atoms with E-state index >= 15 is 0 Å². The Morgan fingerprint density at radius 2 is 2.09 bits per heavy atom. The quantitative estimate of drug-likeness (QED) is 0.833. The zero-order chi connectivity index (χ0) is 16.3. The van der Waals surface area contributed by atoms with Crippen LogP contribution in [0, 0.1) is 11.3 Å². The van der Waals surface area contributed by atoms with Crippen molar-refractivity contribution in [2.75, 3.05) is 25.1 Å². The van der Waals surface area contributed by atoms with Gasteiger partial charge in [-0.05, 0) is 44.7 Å². The zero-order valence-electron chi connectivity index (χ0n) is 13.2. The average molecular weight is 306 g/mol. The number of esters is 1. The average Bonchev–Trinajstić information content (AvgIpc) is 2.54. The molecule has 0 aliphatic carbocycles. The van der Waals surface area contributed by atoms with E-state index in [1.807, 2.05) is 13.8 Å². The summed E-state index contributed by atoms with van der Waals surface area (Å²) in [4.78, 5) is 25.1. The molecule has 1 fully saturated rings. The molecule has 1 aromatic rings. The minimum absolute atomic E-state index is 0.146. The number of primary amides is 1. The Morgan fingerprint density at radius 1 is 1.36 bits per heavy atom.